The molecular weight excluding hydrogens is 436 g/mol. The normalized spacial score (nSPS) is 10.4. The van der Waals surface area contributed by atoms with E-state index in [0.29, 0.717) is 24.7 Å². The van der Waals surface area contributed by atoms with Gasteiger partial charge in [0.05, 0.1) is 25.3 Å². The molecule has 0 saturated heterocycles. The number of unbranched alkanes of at least 4 members (excludes halogenated alkanes) is 1. The highest BCUT2D eigenvalue weighted by Gasteiger charge is 2.15. The molecule has 2 aromatic rings. The van der Waals surface area contributed by atoms with Gasteiger partial charge in [-0.3, -0.25) is 9.59 Å². The molecule has 0 aliphatic heterocycles. The third-order valence-corrected chi connectivity index (χ3v) is 4.96. The van der Waals surface area contributed by atoms with Gasteiger partial charge in [0.15, 0.2) is 18.1 Å². The van der Waals surface area contributed by atoms with Gasteiger partial charge in [0.1, 0.15) is 0 Å². The molecule has 0 aliphatic rings. The van der Waals surface area contributed by atoms with Gasteiger partial charge in [-0.1, -0.05) is 31.0 Å². The fourth-order valence-corrected chi connectivity index (χ4v) is 3.35. The Morgan fingerprint density at radius 2 is 1.59 bits per heavy atom. The van der Waals surface area contributed by atoms with Crippen molar-refractivity contribution in [2.75, 3.05) is 31.7 Å². The maximum absolute atomic E-state index is 12.4. The van der Waals surface area contributed by atoms with Gasteiger partial charge in [-0.05, 0) is 63.4 Å². The van der Waals surface area contributed by atoms with E-state index in [2.05, 4.69) is 17.6 Å². The summed E-state index contributed by atoms with van der Waals surface area (Å²) in [4.78, 5) is 36.7. The smallest absolute Gasteiger partial charge is 0.338 e. The molecule has 34 heavy (non-hydrogen) atoms. The monoisotopic (exact) mass is 470 g/mol. The summed E-state index contributed by atoms with van der Waals surface area (Å²) in [6.07, 6.45) is 1.91. The Morgan fingerprint density at radius 1 is 0.882 bits per heavy atom. The maximum atomic E-state index is 12.4. The van der Waals surface area contributed by atoms with Crippen molar-refractivity contribution in [1.29, 1.82) is 0 Å². The molecular formula is C26H34N2O6. The van der Waals surface area contributed by atoms with Crippen molar-refractivity contribution in [3.05, 3.63) is 52.6 Å². The summed E-state index contributed by atoms with van der Waals surface area (Å²) in [5.74, 6) is -0.628. The minimum atomic E-state index is -0.674. The van der Waals surface area contributed by atoms with Crippen molar-refractivity contribution in [1.82, 2.24) is 5.32 Å². The van der Waals surface area contributed by atoms with Crippen molar-refractivity contribution >= 4 is 23.5 Å². The van der Waals surface area contributed by atoms with E-state index in [9.17, 15) is 14.4 Å². The highest BCUT2D eigenvalue weighted by molar-refractivity contribution is 5.96. The Hall–Kier alpha value is -3.55. The SMILES string of the molecule is CCCCOc1ccc(C(=O)OCC(=O)NCC(=O)Nc2c(C)cc(C)cc2C)cc1OCC. The molecule has 8 heteroatoms. The van der Waals surface area contributed by atoms with Crippen LogP contribution in [0, 0.1) is 20.8 Å². The second kappa shape index (κ2) is 13.2. The second-order valence-corrected chi connectivity index (χ2v) is 7.97. The summed E-state index contributed by atoms with van der Waals surface area (Å²) in [5, 5.41) is 5.26. The van der Waals surface area contributed by atoms with Gasteiger partial charge >= 0.3 is 5.97 Å². The zero-order valence-electron chi connectivity index (χ0n) is 20.6. The summed E-state index contributed by atoms with van der Waals surface area (Å²) in [5.41, 5.74) is 3.96. The Morgan fingerprint density at radius 3 is 2.24 bits per heavy atom. The van der Waals surface area contributed by atoms with E-state index < -0.39 is 18.5 Å². The molecule has 0 radical (unpaired) electrons. The van der Waals surface area contributed by atoms with Crippen LogP contribution in [0.4, 0.5) is 5.69 Å². The lowest BCUT2D eigenvalue weighted by Gasteiger charge is -2.14. The standard InChI is InChI=1S/C26H34N2O6/c1-6-8-11-33-21-10-9-20(14-22(21)32-7-2)26(31)34-16-24(30)27-15-23(29)28-25-18(4)12-17(3)13-19(25)5/h9-10,12-14H,6-8,11,15-16H2,1-5H3,(H,27,30)(H,28,29). The first kappa shape index (κ1) is 26.7. The van der Waals surface area contributed by atoms with Crippen LogP contribution in [0.15, 0.2) is 30.3 Å². The largest absolute Gasteiger partial charge is 0.490 e. The molecule has 0 heterocycles. The van der Waals surface area contributed by atoms with E-state index in [1.165, 1.54) is 6.07 Å². The number of aryl methyl sites for hydroxylation is 3. The first-order chi connectivity index (χ1) is 16.2. The Balaban J connectivity index is 1.85. The van der Waals surface area contributed by atoms with Gasteiger partial charge < -0.3 is 24.8 Å². The van der Waals surface area contributed by atoms with Crippen molar-refractivity contribution < 1.29 is 28.6 Å². The quantitative estimate of drug-likeness (QED) is 0.358. The Bertz CT molecular complexity index is 995. The topological polar surface area (TPSA) is 103 Å². The molecule has 2 N–H and O–H groups in total. The molecule has 0 fully saturated rings. The molecule has 0 spiro atoms. The van der Waals surface area contributed by atoms with Crippen LogP contribution in [0.1, 0.15) is 53.7 Å². The Kier molecular flexibility index (Phi) is 10.4. The lowest BCUT2D eigenvalue weighted by Crippen LogP contribution is -2.35. The number of carbonyl (C=O) groups excluding carboxylic acids is 3. The van der Waals surface area contributed by atoms with Gasteiger partial charge in [0, 0.05) is 5.69 Å². The number of carbonyl (C=O) groups is 3. The highest BCUT2D eigenvalue weighted by atomic mass is 16.5. The zero-order valence-corrected chi connectivity index (χ0v) is 20.6. The third kappa shape index (κ3) is 8.10. The summed E-state index contributed by atoms with van der Waals surface area (Å²) in [7, 11) is 0. The molecule has 2 rings (SSSR count). The van der Waals surface area contributed by atoms with E-state index in [4.69, 9.17) is 14.2 Å². The van der Waals surface area contributed by atoms with Crippen LogP contribution >= 0.6 is 0 Å². The van der Waals surface area contributed by atoms with Crippen molar-refractivity contribution in [3.63, 3.8) is 0 Å². The van der Waals surface area contributed by atoms with Crippen LogP contribution < -0.4 is 20.1 Å². The van der Waals surface area contributed by atoms with Crippen LogP contribution in [0.2, 0.25) is 0 Å². The number of nitrogens with one attached hydrogen (secondary N) is 2. The lowest BCUT2D eigenvalue weighted by molar-refractivity contribution is -0.126. The van der Waals surface area contributed by atoms with Crippen molar-refractivity contribution in [2.45, 2.75) is 47.5 Å². The molecule has 0 saturated carbocycles. The van der Waals surface area contributed by atoms with E-state index >= 15 is 0 Å². The van der Waals surface area contributed by atoms with Gasteiger partial charge in [-0.25, -0.2) is 4.79 Å². The highest BCUT2D eigenvalue weighted by Crippen LogP contribution is 2.29. The molecule has 0 atom stereocenters. The van der Waals surface area contributed by atoms with Crippen LogP contribution in [-0.4, -0.2) is 44.1 Å². The summed E-state index contributed by atoms with van der Waals surface area (Å²) < 4.78 is 16.4. The summed E-state index contributed by atoms with van der Waals surface area (Å²) in [6, 6.07) is 8.69. The predicted molar refractivity (Wildman–Crippen MR) is 131 cm³/mol. The first-order valence-electron chi connectivity index (χ1n) is 11.5. The predicted octanol–water partition coefficient (Wildman–Crippen LogP) is 4.10. The molecule has 0 unspecified atom stereocenters. The van der Waals surface area contributed by atoms with Crippen molar-refractivity contribution in [3.8, 4) is 11.5 Å². The number of ether oxygens (including phenoxy) is 3. The number of hydrogen-bond acceptors (Lipinski definition) is 6. The number of anilines is 1. The van der Waals surface area contributed by atoms with Gasteiger partial charge in [0.2, 0.25) is 5.91 Å². The Labute approximate surface area is 201 Å². The van der Waals surface area contributed by atoms with Crippen LogP contribution in [0.5, 0.6) is 11.5 Å². The van der Waals surface area contributed by atoms with Gasteiger partial charge in [-0.15, -0.1) is 0 Å². The molecule has 0 bridgehead atoms. The number of esters is 1. The maximum Gasteiger partial charge on any atom is 0.338 e. The van der Waals surface area contributed by atoms with Gasteiger partial charge in [0.25, 0.3) is 5.91 Å². The zero-order chi connectivity index (χ0) is 25.1. The lowest BCUT2D eigenvalue weighted by atomic mass is 10.1. The molecule has 2 amide bonds. The summed E-state index contributed by atoms with van der Waals surface area (Å²) >= 11 is 0. The molecule has 184 valence electrons. The molecule has 0 aliphatic carbocycles. The van der Waals surface area contributed by atoms with Crippen molar-refractivity contribution in [2.24, 2.45) is 0 Å². The number of benzene rings is 2. The second-order valence-electron chi connectivity index (χ2n) is 7.97. The average molecular weight is 471 g/mol. The van der Waals surface area contributed by atoms with E-state index in [1.807, 2.05) is 39.8 Å². The summed E-state index contributed by atoms with van der Waals surface area (Å²) in [6.45, 7) is 9.94. The first-order valence-corrected chi connectivity index (χ1v) is 11.5. The van der Waals surface area contributed by atoms with Crippen LogP contribution in [0.3, 0.4) is 0 Å². The number of amides is 2. The van der Waals surface area contributed by atoms with Crippen LogP contribution in [0.25, 0.3) is 0 Å². The fourth-order valence-electron chi connectivity index (χ4n) is 3.35. The van der Waals surface area contributed by atoms with Gasteiger partial charge in [-0.2, -0.15) is 0 Å². The van der Waals surface area contributed by atoms with E-state index in [1.54, 1.807) is 12.1 Å². The van der Waals surface area contributed by atoms with Crippen LogP contribution in [-0.2, 0) is 14.3 Å². The fraction of sp³-hybridized carbons (Fsp3) is 0.423. The minimum absolute atomic E-state index is 0.235. The molecule has 0 aromatic heterocycles. The number of rotatable bonds is 12. The van der Waals surface area contributed by atoms with E-state index in [-0.39, 0.29) is 18.0 Å². The number of hydrogen-bond donors (Lipinski definition) is 2. The molecule has 8 nitrogen and oxygen atoms in total. The van der Waals surface area contributed by atoms with E-state index in [0.717, 1.165) is 35.2 Å². The third-order valence-electron chi connectivity index (χ3n) is 4.96. The minimum Gasteiger partial charge on any atom is -0.490 e. The molecule has 2 aromatic carbocycles. The average Bonchev–Trinajstić information content (AvgIpc) is 2.79.